The first-order chi connectivity index (χ1) is 9.45. The number of rotatable bonds is 5. The third-order valence-corrected chi connectivity index (χ3v) is 6.69. The highest BCUT2D eigenvalue weighted by molar-refractivity contribution is 7.91. The fraction of sp³-hybridized carbons (Fsp3) is 1.00. The van der Waals surface area contributed by atoms with E-state index < -0.39 is 9.84 Å². The van der Waals surface area contributed by atoms with E-state index in [1.54, 1.807) is 0 Å². The quantitative estimate of drug-likeness (QED) is 0.839. The summed E-state index contributed by atoms with van der Waals surface area (Å²) < 4.78 is 23.3. The molecule has 2 rings (SSSR count). The number of piperidine rings is 1. The van der Waals surface area contributed by atoms with E-state index in [4.69, 9.17) is 0 Å². The van der Waals surface area contributed by atoms with E-state index in [9.17, 15) is 8.42 Å². The Morgan fingerprint density at radius 1 is 1.15 bits per heavy atom. The summed E-state index contributed by atoms with van der Waals surface area (Å²) in [4.78, 5) is 2.40. The summed E-state index contributed by atoms with van der Waals surface area (Å²) in [6.45, 7) is 3.50. The van der Waals surface area contributed by atoms with E-state index in [-0.39, 0.29) is 5.25 Å². The maximum absolute atomic E-state index is 11.7. The van der Waals surface area contributed by atoms with Crippen LogP contribution in [-0.2, 0) is 9.84 Å². The first kappa shape index (κ1) is 16.2. The van der Waals surface area contributed by atoms with Crippen LogP contribution in [0.5, 0.6) is 0 Å². The summed E-state index contributed by atoms with van der Waals surface area (Å²) in [5.41, 5.74) is 0. The fourth-order valence-corrected chi connectivity index (χ4v) is 4.74. The normalized spacial score (nSPS) is 30.5. The standard InChI is InChI=1S/C15H30N2O2S/c1-17-10-7-13(8-11-17)6-9-16-14-4-3-5-15(12-14)20(2,18)19/h13-16H,3-12H2,1-2H3. The maximum atomic E-state index is 11.7. The lowest BCUT2D eigenvalue weighted by Gasteiger charge is -2.31. The van der Waals surface area contributed by atoms with Crippen molar-refractivity contribution in [2.24, 2.45) is 5.92 Å². The first-order valence-corrected chi connectivity index (χ1v) is 10.0. The van der Waals surface area contributed by atoms with Gasteiger partial charge in [0.2, 0.25) is 0 Å². The number of sulfone groups is 1. The Morgan fingerprint density at radius 3 is 2.50 bits per heavy atom. The largest absolute Gasteiger partial charge is 0.314 e. The van der Waals surface area contributed by atoms with Gasteiger partial charge in [-0.2, -0.15) is 0 Å². The van der Waals surface area contributed by atoms with Crippen LogP contribution in [-0.4, -0.2) is 57.5 Å². The molecule has 5 heteroatoms. The zero-order chi connectivity index (χ0) is 14.6. The molecule has 0 aromatic carbocycles. The average molecular weight is 302 g/mol. The lowest BCUT2D eigenvalue weighted by atomic mass is 9.92. The van der Waals surface area contributed by atoms with Crippen LogP contribution >= 0.6 is 0 Å². The first-order valence-electron chi connectivity index (χ1n) is 8.06. The molecule has 2 fully saturated rings. The Bertz CT molecular complexity index is 389. The number of hydrogen-bond donors (Lipinski definition) is 1. The second-order valence-electron chi connectivity index (χ2n) is 6.80. The van der Waals surface area contributed by atoms with Gasteiger partial charge in [0.05, 0.1) is 5.25 Å². The van der Waals surface area contributed by atoms with Crippen LogP contribution in [0.2, 0.25) is 0 Å². The molecule has 0 spiro atoms. The van der Waals surface area contributed by atoms with Gasteiger partial charge in [0.25, 0.3) is 0 Å². The lowest BCUT2D eigenvalue weighted by Crippen LogP contribution is -2.40. The minimum absolute atomic E-state index is 0.114. The van der Waals surface area contributed by atoms with Crippen LogP contribution in [0.15, 0.2) is 0 Å². The van der Waals surface area contributed by atoms with Crippen molar-refractivity contribution < 1.29 is 8.42 Å². The van der Waals surface area contributed by atoms with Gasteiger partial charge in [-0.25, -0.2) is 8.42 Å². The van der Waals surface area contributed by atoms with E-state index in [2.05, 4.69) is 17.3 Å². The smallest absolute Gasteiger partial charge is 0.150 e. The van der Waals surface area contributed by atoms with Crippen LogP contribution in [0.25, 0.3) is 0 Å². The van der Waals surface area contributed by atoms with Crippen LogP contribution in [0, 0.1) is 5.92 Å². The van der Waals surface area contributed by atoms with Gasteiger partial charge in [-0.3, -0.25) is 0 Å². The monoisotopic (exact) mass is 302 g/mol. The maximum Gasteiger partial charge on any atom is 0.150 e. The molecule has 1 aliphatic carbocycles. The predicted octanol–water partition coefficient (Wildman–Crippen LogP) is 1.66. The molecule has 118 valence electrons. The van der Waals surface area contributed by atoms with Crippen molar-refractivity contribution in [2.45, 2.75) is 56.2 Å². The number of likely N-dealkylation sites (tertiary alicyclic amines) is 1. The third-order valence-electron chi connectivity index (χ3n) is 5.06. The fourth-order valence-electron chi connectivity index (χ4n) is 3.56. The van der Waals surface area contributed by atoms with Crippen LogP contribution < -0.4 is 5.32 Å². The van der Waals surface area contributed by atoms with Crippen molar-refractivity contribution in [3.63, 3.8) is 0 Å². The van der Waals surface area contributed by atoms with E-state index in [0.717, 1.165) is 38.1 Å². The van der Waals surface area contributed by atoms with Crippen molar-refractivity contribution in [3.05, 3.63) is 0 Å². The minimum Gasteiger partial charge on any atom is -0.314 e. The number of nitrogens with one attached hydrogen (secondary N) is 1. The van der Waals surface area contributed by atoms with Crippen molar-refractivity contribution in [1.29, 1.82) is 0 Å². The average Bonchev–Trinajstić information content (AvgIpc) is 2.40. The SMILES string of the molecule is CN1CCC(CCNC2CCCC(S(C)(=O)=O)C2)CC1. The predicted molar refractivity (Wildman–Crippen MR) is 83.7 cm³/mol. The molecule has 0 aromatic heterocycles. The van der Waals surface area contributed by atoms with Crippen LogP contribution in [0.3, 0.4) is 0 Å². The number of hydrogen-bond acceptors (Lipinski definition) is 4. The topological polar surface area (TPSA) is 49.4 Å². The van der Waals surface area contributed by atoms with Gasteiger partial charge in [0.1, 0.15) is 9.84 Å². The van der Waals surface area contributed by atoms with Gasteiger partial charge < -0.3 is 10.2 Å². The lowest BCUT2D eigenvalue weighted by molar-refractivity contribution is 0.209. The Labute approximate surface area is 124 Å². The van der Waals surface area contributed by atoms with Gasteiger partial charge in [-0.1, -0.05) is 6.42 Å². The van der Waals surface area contributed by atoms with Gasteiger partial charge in [0.15, 0.2) is 0 Å². The summed E-state index contributed by atoms with van der Waals surface area (Å²) in [6.07, 6.45) is 9.11. The Balaban J connectivity index is 1.66. The Hall–Kier alpha value is -0.130. The van der Waals surface area contributed by atoms with E-state index in [1.165, 1.54) is 38.6 Å². The summed E-state index contributed by atoms with van der Waals surface area (Å²) in [5, 5.41) is 3.49. The minimum atomic E-state index is -2.86. The second kappa shape index (κ2) is 7.23. The molecule has 0 bridgehead atoms. The summed E-state index contributed by atoms with van der Waals surface area (Å²) in [5.74, 6) is 0.855. The molecule has 2 aliphatic rings. The van der Waals surface area contributed by atoms with Crippen molar-refractivity contribution in [2.75, 3.05) is 32.9 Å². The van der Waals surface area contributed by atoms with Crippen LogP contribution in [0.4, 0.5) is 0 Å². The van der Waals surface area contributed by atoms with Crippen molar-refractivity contribution in [1.82, 2.24) is 10.2 Å². The Kier molecular flexibility index (Phi) is 5.87. The van der Waals surface area contributed by atoms with Crippen molar-refractivity contribution in [3.8, 4) is 0 Å². The van der Waals surface area contributed by atoms with E-state index in [1.807, 2.05) is 0 Å². The number of nitrogens with zero attached hydrogens (tertiary/aromatic N) is 1. The molecule has 2 atom stereocenters. The molecule has 1 heterocycles. The second-order valence-corrected chi connectivity index (χ2v) is 9.13. The summed E-state index contributed by atoms with van der Waals surface area (Å²) in [6, 6.07) is 0.412. The Morgan fingerprint density at radius 2 is 1.85 bits per heavy atom. The van der Waals surface area contributed by atoms with Gasteiger partial charge >= 0.3 is 0 Å². The van der Waals surface area contributed by atoms with Crippen molar-refractivity contribution >= 4 is 9.84 Å². The van der Waals surface area contributed by atoms with E-state index >= 15 is 0 Å². The van der Waals surface area contributed by atoms with Gasteiger partial charge in [0, 0.05) is 12.3 Å². The summed E-state index contributed by atoms with van der Waals surface area (Å²) >= 11 is 0. The summed E-state index contributed by atoms with van der Waals surface area (Å²) in [7, 11) is -0.660. The molecule has 0 radical (unpaired) electrons. The zero-order valence-electron chi connectivity index (χ0n) is 13.0. The molecule has 1 N–H and O–H groups in total. The molecule has 1 saturated carbocycles. The highest BCUT2D eigenvalue weighted by Crippen LogP contribution is 2.24. The highest BCUT2D eigenvalue weighted by Gasteiger charge is 2.28. The molecule has 4 nitrogen and oxygen atoms in total. The third kappa shape index (κ3) is 5.01. The molecular formula is C15H30N2O2S. The molecule has 20 heavy (non-hydrogen) atoms. The highest BCUT2D eigenvalue weighted by atomic mass is 32.2. The molecule has 0 amide bonds. The molecule has 2 unspecified atom stereocenters. The molecule has 1 saturated heterocycles. The zero-order valence-corrected chi connectivity index (χ0v) is 13.8. The van der Waals surface area contributed by atoms with Crippen LogP contribution in [0.1, 0.15) is 44.9 Å². The van der Waals surface area contributed by atoms with E-state index in [0.29, 0.717) is 6.04 Å². The van der Waals surface area contributed by atoms with Gasteiger partial charge in [-0.15, -0.1) is 0 Å². The molecule has 0 aromatic rings. The van der Waals surface area contributed by atoms with Gasteiger partial charge in [-0.05, 0) is 71.1 Å². The molecule has 1 aliphatic heterocycles. The molecular weight excluding hydrogens is 272 g/mol.